The van der Waals surface area contributed by atoms with Crippen molar-refractivity contribution < 1.29 is 4.42 Å². The lowest BCUT2D eigenvalue weighted by atomic mass is 10.1. The monoisotopic (exact) mass is 397 g/mol. The third-order valence-electron chi connectivity index (χ3n) is 4.25. The molecule has 0 spiro atoms. The predicted molar refractivity (Wildman–Crippen MR) is 115 cm³/mol. The van der Waals surface area contributed by atoms with Crippen molar-refractivity contribution in [3.8, 4) is 11.5 Å². The number of guanidine groups is 1. The average molecular weight is 398 g/mol. The Labute approximate surface area is 170 Å². The quantitative estimate of drug-likeness (QED) is 0.463. The molecule has 0 atom stereocenters. The number of aryl methyl sites for hydroxylation is 1. The Hall–Kier alpha value is -2.67. The number of rotatable bonds is 7. The maximum Gasteiger partial charge on any atom is 0.226 e. The summed E-state index contributed by atoms with van der Waals surface area (Å²) in [6.45, 7) is 7.71. The number of aromatic nitrogens is 2. The van der Waals surface area contributed by atoms with E-state index in [-0.39, 0.29) is 0 Å². The van der Waals surface area contributed by atoms with Gasteiger partial charge in [0.15, 0.2) is 5.96 Å². The fourth-order valence-electron chi connectivity index (χ4n) is 2.62. The van der Waals surface area contributed by atoms with Crippen molar-refractivity contribution in [2.24, 2.45) is 4.99 Å². The molecule has 0 aliphatic heterocycles. The van der Waals surface area contributed by atoms with E-state index in [4.69, 9.17) is 4.42 Å². The topological polar surface area (TPSA) is 75.3 Å². The van der Waals surface area contributed by atoms with Gasteiger partial charge < -0.3 is 15.1 Å². The first kappa shape index (κ1) is 20.1. The van der Waals surface area contributed by atoms with E-state index in [1.54, 1.807) is 24.6 Å². The molecule has 0 aliphatic carbocycles. The van der Waals surface area contributed by atoms with Gasteiger partial charge in [-0.2, -0.15) is 0 Å². The van der Waals surface area contributed by atoms with Gasteiger partial charge in [0.2, 0.25) is 5.89 Å². The lowest BCUT2D eigenvalue weighted by molar-refractivity contribution is 0.572. The van der Waals surface area contributed by atoms with Gasteiger partial charge in [0.05, 0.1) is 22.9 Å². The van der Waals surface area contributed by atoms with Crippen LogP contribution in [0.25, 0.3) is 11.5 Å². The molecule has 28 heavy (non-hydrogen) atoms. The summed E-state index contributed by atoms with van der Waals surface area (Å²) < 4.78 is 5.60. The van der Waals surface area contributed by atoms with Gasteiger partial charge in [0, 0.05) is 36.9 Å². The number of nitrogens with zero attached hydrogens (tertiary/aromatic N) is 3. The summed E-state index contributed by atoms with van der Waals surface area (Å²) in [5.74, 6) is 1.84. The smallest absolute Gasteiger partial charge is 0.226 e. The molecule has 148 valence electrons. The standard InChI is InChI=1S/C21H27N5OS/c1-14(2)20-26-17(13-28-20)9-10-23-21(22-4)24-11-18-12-27-19(25-18)16-7-5-15(3)6-8-16/h5-8,12-14H,9-11H2,1-4H3,(H2,22,23,24). The molecule has 3 aromatic rings. The first-order chi connectivity index (χ1) is 13.5. The van der Waals surface area contributed by atoms with E-state index in [0.717, 1.165) is 35.9 Å². The Bertz CT molecular complexity index is 911. The summed E-state index contributed by atoms with van der Waals surface area (Å²) in [6.07, 6.45) is 2.55. The van der Waals surface area contributed by atoms with Crippen molar-refractivity contribution in [2.75, 3.05) is 13.6 Å². The van der Waals surface area contributed by atoms with Gasteiger partial charge in [-0.3, -0.25) is 4.99 Å². The molecule has 0 fully saturated rings. The van der Waals surface area contributed by atoms with Crippen molar-refractivity contribution >= 4 is 17.3 Å². The fraction of sp³-hybridized carbons (Fsp3) is 0.381. The largest absolute Gasteiger partial charge is 0.444 e. The van der Waals surface area contributed by atoms with Crippen LogP contribution >= 0.6 is 11.3 Å². The third kappa shape index (κ3) is 5.42. The zero-order chi connectivity index (χ0) is 19.9. The van der Waals surface area contributed by atoms with Crippen LogP contribution in [0.4, 0.5) is 0 Å². The van der Waals surface area contributed by atoms with Crippen LogP contribution in [0.3, 0.4) is 0 Å². The second-order valence-corrected chi connectivity index (χ2v) is 7.83. The van der Waals surface area contributed by atoms with Gasteiger partial charge in [0.25, 0.3) is 0 Å². The van der Waals surface area contributed by atoms with Crippen LogP contribution in [0.1, 0.15) is 41.7 Å². The first-order valence-corrected chi connectivity index (χ1v) is 10.3. The van der Waals surface area contributed by atoms with E-state index < -0.39 is 0 Å². The molecule has 2 heterocycles. The number of hydrogen-bond acceptors (Lipinski definition) is 5. The molecule has 7 heteroatoms. The normalized spacial score (nSPS) is 11.8. The van der Waals surface area contributed by atoms with E-state index in [0.29, 0.717) is 18.4 Å². The molecule has 0 unspecified atom stereocenters. The summed E-state index contributed by atoms with van der Waals surface area (Å²) in [5.41, 5.74) is 4.14. The Morgan fingerprint density at radius 2 is 1.93 bits per heavy atom. The fourth-order valence-corrected chi connectivity index (χ4v) is 3.49. The molecule has 0 amide bonds. The molecule has 0 radical (unpaired) electrons. The Morgan fingerprint density at radius 3 is 2.61 bits per heavy atom. The number of hydrogen-bond donors (Lipinski definition) is 2. The molecular weight excluding hydrogens is 370 g/mol. The minimum atomic E-state index is 0.480. The summed E-state index contributed by atoms with van der Waals surface area (Å²) in [6, 6.07) is 8.13. The van der Waals surface area contributed by atoms with Crippen molar-refractivity contribution in [3.63, 3.8) is 0 Å². The Balaban J connectivity index is 1.47. The number of oxazole rings is 1. The zero-order valence-corrected chi connectivity index (χ0v) is 17.6. The van der Waals surface area contributed by atoms with Gasteiger partial charge in [0.1, 0.15) is 6.26 Å². The molecular formula is C21H27N5OS. The number of thiazole rings is 1. The molecule has 6 nitrogen and oxygen atoms in total. The Kier molecular flexibility index (Phi) is 6.81. The van der Waals surface area contributed by atoms with E-state index >= 15 is 0 Å². The maximum absolute atomic E-state index is 5.60. The van der Waals surface area contributed by atoms with Crippen LogP contribution < -0.4 is 10.6 Å². The number of nitrogens with one attached hydrogen (secondary N) is 2. The van der Waals surface area contributed by atoms with Gasteiger partial charge in [-0.25, -0.2) is 9.97 Å². The van der Waals surface area contributed by atoms with E-state index in [1.165, 1.54) is 10.6 Å². The highest BCUT2D eigenvalue weighted by molar-refractivity contribution is 7.09. The van der Waals surface area contributed by atoms with Crippen molar-refractivity contribution in [1.29, 1.82) is 0 Å². The van der Waals surface area contributed by atoms with E-state index in [1.807, 2.05) is 12.1 Å². The SMILES string of the molecule is CN=C(NCCc1csc(C(C)C)n1)NCc1coc(-c2ccc(C)cc2)n1. The number of aliphatic imine (C=N–C) groups is 1. The predicted octanol–water partition coefficient (Wildman–Crippen LogP) is 4.14. The van der Waals surface area contributed by atoms with Crippen LogP contribution in [0.2, 0.25) is 0 Å². The van der Waals surface area contributed by atoms with Gasteiger partial charge in [-0.15, -0.1) is 11.3 Å². The van der Waals surface area contributed by atoms with Crippen LogP contribution in [0, 0.1) is 6.92 Å². The van der Waals surface area contributed by atoms with Gasteiger partial charge >= 0.3 is 0 Å². The molecule has 2 N–H and O–H groups in total. The van der Waals surface area contributed by atoms with E-state index in [9.17, 15) is 0 Å². The lowest BCUT2D eigenvalue weighted by Gasteiger charge is -2.10. The van der Waals surface area contributed by atoms with Crippen molar-refractivity contribution in [1.82, 2.24) is 20.6 Å². The first-order valence-electron chi connectivity index (χ1n) is 9.45. The van der Waals surface area contributed by atoms with Crippen LogP contribution in [0.5, 0.6) is 0 Å². The molecule has 0 saturated heterocycles. The molecule has 0 aliphatic rings. The highest BCUT2D eigenvalue weighted by atomic mass is 32.1. The van der Waals surface area contributed by atoms with Crippen molar-refractivity contribution in [3.05, 3.63) is 57.9 Å². The van der Waals surface area contributed by atoms with Crippen LogP contribution in [0.15, 0.2) is 45.3 Å². The summed E-state index contributed by atoms with van der Waals surface area (Å²) in [4.78, 5) is 13.5. The molecule has 0 bridgehead atoms. The van der Waals surface area contributed by atoms with Crippen molar-refractivity contribution in [2.45, 2.75) is 39.7 Å². The minimum Gasteiger partial charge on any atom is -0.444 e. The summed E-state index contributed by atoms with van der Waals surface area (Å²) in [5, 5.41) is 9.91. The third-order valence-corrected chi connectivity index (χ3v) is 5.44. The summed E-state index contributed by atoms with van der Waals surface area (Å²) in [7, 11) is 1.76. The lowest BCUT2D eigenvalue weighted by Crippen LogP contribution is -2.37. The summed E-state index contributed by atoms with van der Waals surface area (Å²) >= 11 is 1.73. The molecule has 3 rings (SSSR count). The zero-order valence-electron chi connectivity index (χ0n) is 16.8. The molecule has 0 saturated carbocycles. The second kappa shape index (κ2) is 9.50. The molecule has 2 aromatic heterocycles. The highest BCUT2D eigenvalue weighted by Gasteiger charge is 2.08. The Morgan fingerprint density at radius 1 is 1.14 bits per heavy atom. The average Bonchev–Trinajstić information content (AvgIpc) is 3.35. The second-order valence-electron chi connectivity index (χ2n) is 6.94. The van der Waals surface area contributed by atoms with Gasteiger partial charge in [-0.1, -0.05) is 31.5 Å². The van der Waals surface area contributed by atoms with Crippen LogP contribution in [-0.2, 0) is 13.0 Å². The van der Waals surface area contributed by atoms with E-state index in [2.05, 4.69) is 63.9 Å². The minimum absolute atomic E-state index is 0.480. The van der Waals surface area contributed by atoms with Gasteiger partial charge in [-0.05, 0) is 19.1 Å². The number of benzene rings is 1. The van der Waals surface area contributed by atoms with Crippen LogP contribution in [-0.4, -0.2) is 29.5 Å². The maximum atomic E-state index is 5.60. The highest BCUT2D eigenvalue weighted by Crippen LogP contribution is 2.20. The molecule has 1 aromatic carbocycles.